The molecule has 4 rings (SSSR count). The largest absolute Gasteiger partial charge is 0.497 e. The molecule has 1 aliphatic heterocycles. The average Bonchev–Trinajstić information content (AvgIpc) is 3.12. The number of rotatable bonds is 5. The van der Waals surface area contributed by atoms with Gasteiger partial charge in [0.15, 0.2) is 6.54 Å². The van der Waals surface area contributed by atoms with Crippen LogP contribution in [-0.4, -0.2) is 47.6 Å². The van der Waals surface area contributed by atoms with Gasteiger partial charge in [-0.3, -0.25) is 4.79 Å². The predicted molar refractivity (Wildman–Crippen MR) is 103 cm³/mol. The van der Waals surface area contributed by atoms with E-state index in [2.05, 4.69) is 15.6 Å². The number of anilines is 1. The van der Waals surface area contributed by atoms with Crippen molar-refractivity contribution in [3.8, 4) is 5.75 Å². The van der Waals surface area contributed by atoms with Crippen molar-refractivity contribution >= 4 is 22.6 Å². The summed E-state index contributed by atoms with van der Waals surface area (Å²) in [7, 11) is 1.61. The Morgan fingerprint density at radius 3 is 2.71 bits per heavy atom. The van der Waals surface area contributed by atoms with E-state index in [1.807, 2.05) is 28.9 Å². The van der Waals surface area contributed by atoms with Crippen molar-refractivity contribution in [3.05, 3.63) is 48.3 Å². The molecule has 0 saturated carbocycles. The molecule has 0 radical (unpaired) electrons. The van der Waals surface area contributed by atoms with Crippen LogP contribution in [-0.2, 0) is 4.79 Å². The number of halogens is 1. The maximum Gasteiger partial charge on any atom is 0.279 e. The van der Waals surface area contributed by atoms with Crippen molar-refractivity contribution < 1.29 is 18.8 Å². The van der Waals surface area contributed by atoms with Crippen LogP contribution in [0, 0.1) is 5.82 Å². The number of methoxy groups -OCH3 is 1. The molecule has 1 aliphatic rings. The molecule has 0 aliphatic carbocycles. The smallest absolute Gasteiger partial charge is 0.279 e. The van der Waals surface area contributed by atoms with Gasteiger partial charge in [0.1, 0.15) is 17.1 Å². The van der Waals surface area contributed by atoms with Crippen LogP contribution < -0.4 is 15.0 Å². The second kappa shape index (κ2) is 7.93. The van der Waals surface area contributed by atoms with Gasteiger partial charge in [-0.15, -0.1) is 5.10 Å². The third-order valence-corrected chi connectivity index (χ3v) is 5.23. The van der Waals surface area contributed by atoms with Crippen LogP contribution in [0.3, 0.4) is 0 Å². The van der Waals surface area contributed by atoms with E-state index in [4.69, 9.17) is 4.74 Å². The van der Waals surface area contributed by atoms with Crippen LogP contribution in [0.5, 0.6) is 5.75 Å². The number of hydrogen-bond acceptors (Lipinski definition) is 4. The monoisotopic (exact) mass is 384 g/mol. The number of aromatic nitrogens is 3. The number of likely N-dealkylation sites (tertiary alicyclic amines) is 1. The van der Waals surface area contributed by atoms with E-state index in [0.717, 1.165) is 42.9 Å². The molecule has 3 aromatic rings. The summed E-state index contributed by atoms with van der Waals surface area (Å²) in [5.41, 5.74) is 2.20. The highest BCUT2D eigenvalue weighted by molar-refractivity contribution is 5.91. The van der Waals surface area contributed by atoms with E-state index >= 15 is 0 Å². The molecule has 1 saturated heterocycles. The van der Waals surface area contributed by atoms with Gasteiger partial charge in [-0.25, -0.2) is 9.07 Å². The minimum absolute atomic E-state index is 0.000276. The molecule has 146 valence electrons. The molecule has 1 fully saturated rings. The Balaban J connectivity index is 1.31. The lowest BCUT2D eigenvalue weighted by Gasteiger charge is -2.29. The number of benzene rings is 2. The standard InChI is InChI=1S/C20H22FN5O2/c1-28-17-5-3-15(4-6-17)22-20(27)13-25-10-8-16(9-11-25)26-19-7-2-14(21)12-18(19)23-24-26/h2-7,12,16H,8-11,13H2,1H3,(H,22,27)/p+1. The summed E-state index contributed by atoms with van der Waals surface area (Å²) in [6.45, 7) is 2.19. The average molecular weight is 384 g/mol. The number of nitrogens with one attached hydrogen (secondary N) is 2. The molecule has 7 nitrogen and oxygen atoms in total. The summed E-state index contributed by atoms with van der Waals surface area (Å²) >= 11 is 0. The number of quaternary nitrogens is 1. The lowest BCUT2D eigenvalue weighted by atomic mass is 10.0. The normalized spacial score (nSPS) is 19.5. The Morgan fingerprint density at radius 1 is 1.25 bits per heavy atom. The number of fused-ring (bicyclic) bond motifs is 1. The molecule has 28 heavy (non-hydrogen) atoms. The fourth-order valence-corrected chi connectivity index (χ4v) is 3.72. The molecule has 0 spiro atoms. The second-order valence-corrected chi connectivity index (χ2v) is 7.10. The van der Waals surface area contributed by atoms with Crippen LogP contribution in [0.4, 0.5) is 10.1 Å². The molecule has 2 aromatic carbocycles. The highest BCUT2D eigenvalue weighted by atomic mass is 19.1. The number of hydrogen-bond donors (Lipinski definition) is 2. The highest BCUT2D eigenvalue weighted by Gasteiger charge is 2.26. The van der Waals surface area contributed by atoms with E-state index in [-0.39, 0.29) is 17.8 Å². The highest BCUT2D eigenvalue weighted by Crippen LogP contribution is 2.22. The molecule has 8 heteroatoms. The number of amides is 1. The van der Waals surface area contributed by atoms with Gasteiger partial charge in [0.25, 0.3) is 5.91 Å². The van der Waals surface area contributed by atoms with Crippen molar-refractivity contribution in [2.24, 2.45) is 0 Å². The maximum absolute atomic E-state index is 13.3. The van der Waals surface area contributed by atoms with Crippen molar-refractivity contribution in [2.45, 2.75) is 18.9 Å². The minimum Gasteiger partial charge on any atom is -0.497 e. The van der Waals surface area contributed by atoms with E-state index in [9.17, 15) is 9.18 Å². The van der Waals surface area contributed by atoms with Crippen molar-refractivity contribution in [1.29, 1.82) is 0 Å². The Hall–Kier alpha value is -3.00. The zero-order valence-electron chi connectivity index (χ0n) is 15.7. The number of carbonyl (C=O) groups excluding carboxylic acids is 1. The van der Waals surface area contributed by atoms with Gasteiger partial charge < -0.3 is 15.0 Å². The van der Waals surface area contributed by atoms with Gasteiger partial charge in [0.2, 0.25) is 0 Å². The van der Waals surface area contributed by atoms with Gasteiger partial charge in [0.05, 0.1) is 31.8 Å². The number of carbonyl (C=O) groups is 1. The lowest BCUT2D eigenvalue weighted by molar-refractivity contribution is -0.897. The van der Waals surface area contributed by atoms with E-state index < -0.39 is 0 Å². The SMILES string of the molecule is COc1ccc(NC(=O)C[NH+]2CCC(n3nnc4cc(F)ccc43)CC2)cc1. The summed E-state index contributed by atoms with van der Waals surface area (Å²) in [6.07, 6.45) is 1.81. The van der Waals surface area contributed by atoms with Crippen LogP contribution in [0.1, 0.15) is 18.9 Å². The first-order valence-corrected chi connectivity index (χ1v) is 9.40. The summed E-state index contributed by atoms with van der Waals surface area (Å²) in [5, 5.41) is 11.2. The quantitative estimate of drug-likeness (QED) is 0.698. The molecule has 0 atom stereocenters. The van der Waals surface area contributed by atoms with Gasteiger partial charge in [0, 0.05) is 24.6 Å². The first kappa shape index (κ1) is 18.4. The second-order valence-electron chi connectivity index (χ2n) is 7.10. The molecule has 0 bridgehead atoms. The van der Waals surface area contributed by atoms with Crippen molar-refractivity contribution in [3.63, 3.8) is 0 Å². The molecule has 2 N–H and O–H groups in total. The maximum atomic E-state index is 13.3. The molecule has 1 amide bonds. The van der Waals surface area contributed by atoms with Gasteiger partial charge in [-0.1, -0.05) is 5.21 Å². The molecular formula is C20H23FN5O2+. The molecular weight excluding hydrogens is 361 g/mol. The molecule has 2 heterocycles. The first-order valence-electron chi connectivity index (χ1n) is 9.40. The molecule has 0 unspecified atom stereocenters. The summed E-state index contributed by atoms with van der Waals surface area (Å²) in [5.74, 6) is 0.455. The van der Waals surface area contributed by atoms with Crippen LogP contribution in [0.25, 0.3) is 11.0 Å². The van der Waals surface area contributed by atoms with Gasteiger partial charge in [-0.05, 0) is 36.4 Å². The Bertz CT molecular complexity index is 964. The van der Waals surface area contributed by atoms with Crippen LogP contribution in [0.2, 0.25) is 0 Å². The minimum atomic E-state index is -0.304. The molecule has 1 aromatic heterocycles. The van der Waals surface area contributed by atoms with Crippen molar-refractivity contribution in [2.75, 3.05) is 32.1 Å². The van der Waals surface area contributed by atoms with Gasteiger partial charge >= 0.3 is 0 Å². The van der Waals surface area contributed by atoms with Gasteiger partial charge in [-0.2, -0.15) is 0 Å². The zero-order valence-corrected chi connectivity index (χ0v) is 15.7. The topological polar surface area (TPSA) is 73.5 Å². The lowest BCUT2D eigenvalue weighted by Crippen LogP contribution is -3.14. The summed E-state index contributed by atoms with van der Waals surface area (Å²) in [4.78, 5) is 13.6. The zero-order chi connectivity index (χ0) is 19.5. The van der Waals surface area contributed by atoms with E-state index in [1.165, 1.54) is 17.0 Å². The third kappa shape index (κ3) is 3.96. The summed E-state index contributed by atoms with van der Waals surface area (Å²) < 4.78 is 20.3. The first-order chi connectivity index (χ1) is 13.6. The number of ether oxygens (including phenoxy) is 1. The Morgan fingerprint density at radius 2 is 2.00 bits per heavy atom. The fraction of sp³-hybridized carbons (Fsp3) is 0.350. The fourth-order valence-electron chi connectivity index (χ4n) is 3.72. The van der Waals surface area contributed by atoms with Crippen LogP contribution in [0.15, 0.2) is 42.5 Å². The summed E-state index contributed by atoms with van der Waals surface area (Å²) in [6, 6.07) is 12.1. The number of nitrogens with zero attached hydrogens (tertiary/aromatic N) is 3. The van der Waals surface area contributed by atoms with E-state index in [1.54, 1.807) is 13.2 Å². The van der Waals surface area contributed by atoms with Crippen LogP contribution >= 0.6 is 0 Å². The Labute approximate surface area is 162 Å². The predicted octanol–water partition coefficient (Wildman–Crippen LogP) is 1.44. The third-order valence-electron chi connectivity index (χ3n) is 5.23. The van der Waals surface area contributed by atoms with Crippen molar-refractivity contribution in [1.82, 2.24) is 15.0 Å². The number of piperidine rings is 1. The van der Waals surface area contributed by atoms with E-state index in [0.29, 0.717) is 12.1 Å². The Kier molecular flexibility index (Phi) is 5.21.